The van der Waals surface area contributed by atoms with Gasteiger partial charge in [0.15, 0.2) is 0 Å². The molecule has 2 fully saturated rings. The molecule has 0 amide bonds. The Labute approximate surface area is 196 Å². The third-order valence-corrected chi connectivity index (χ3v) is 8.31. The van der Waals surface area contributed by atoms with E-state index in [1.807, 2.05) is 25.1 Å². The molecule has 1 saturated heterocycles. The lowest BCUT2D eigenvalue weighted by molar-refractivity contribution is -0.117. The molecule has 5 rings (SSSR count). The molecule has 3 atom stereocenters. The van der Waals surface area contributed by atoms with E-state index in [0.29, 0.717) is 24.8 Å². The lowest BCUT2D eigenvalue weighted by Crippen LogP contribution is -2.46. The van der Waals surface area contributed by atoms with Gasteiger partial charge in [0, 0.05) is 47.7 Å². The normalized spacial score (nSPS) is 25.5. The lowest BCUT2D eigenvalue weighted by Gasteiger charge is -2.47. The van der Waals surface area contributed by atoms with E-state index in [1.165, 1.54) is 49.8 Å². The molecule has 170 valence electrons. The van der Waals surface area contributed by atoms with Crippen molar-refractivity contribution in [2.24, 2.45) is 11.8 Å². The first-order chi connectivity index (χ1) is 15.6. The van der Waals surface area contributed by atoms with Crippen molar-refractivity contribution in [3.05, 3.63) is 63.7 Å². The largest absolute Gasteiger partial charge is 0.381 e. The first kappa shape index (κ1) is 22.0. The summed E-state index contributed by atoms with van der Waals surface area (Å²) < 4.78 is 6.37. The van der Waals surface area contributed by atoms with Crippen LogP contribution in [-0.2, 0) is 22.4 Å². The molecule has 0 unspecified atom stereocenters. The topological polar surface area (TPSA) is 38.3 Å². The molecular formula is C28H34ClNO2. The SMILES string of the molecule is Cc1c(Cl)cccc1CC(=O)Cc1ccc2c(c1)[C@H]1OCCC[C@H]1[C@H](C1CCCCC1)N2. The van der Waals surface area contributed by atoms with Gasteiger partial charge in [-0.05, 0) is 67.3 Å². The number of nitrogens with one attached hydrogen (secondary N) is 1. The fourth-order valence-electron chi connectivity index (χ4n) is 6.18. The smallest absolute Gasteiger partial charge is 0.141 e. The molecule has 32 heavy (non-hydrogen) atoms. The highest BCUT2D eigenvalue weighted by molar-refractivity contribution is 6.31. The Bertz CT molecular complexity index is 981. The molecule has 1 aliphatic carbocycles. The van der Waals surface area contributed by atoms with Crippen LogP contribution in [-0.4, -0.2) is 18.4 Å². The van der Waals surface area contributed by atoms with Crippen LogP contribution in [0.3, 0.4) is 0 Å². The van der Waals surface area contributed by atoms with Gasteiger partial charge in [0.05, 0.1) is 6.10 Å². The molecule has 3 nitrogen and oxygen atoms in total. The second-order valence-corrected chi connectivity index (χ2v) is 10.4. The van der Waals surface area contributed by atoms with Crippen molar-refractivity contribution in [2.75, 3.05) is 11.9 Å². The minimum absolute atomic E-state index is 0.164. The van der Waals surface area contributed by atoms with Gasteiger partial charge in [0.1, 0.15) is 5.78 Å². The van der Waals surface area contributed by atoms with Crippen LogP contribution < -0.4 is 5.32 Å². The monoisotopic (exact) mass is 451 g/mol. The number of benzene rings is 2. The van der Waals surface area contributed by atoms with Crippen molar-refractivity contribution in [2.45, 2.75) is 76.9 Å². The Morgan fingerprint density at radius 3 is 2.75 bits per heavy atom. The van der Waals surface area contributed by atoms with Gasteiger partial charge in [-0.15, -0.1) is 0 Å². The molecule has 2 aliphatic heterocycles. The van der Waals surface area contributed by atoms with E-state index in [2.05, 4.69) is 23.5 Å². The third-order valence-electron chi connectivity index (χ3n) is 7.90. The minimum atomic E-state index is 0.164. The number of ketones is 1. The summed E-state index contributed by atoms with van der Waals surface area (Å²) in [5.74, 6) is 1.52. The first-order valence-corrected chi connectivity index (χ1v) is 12.7. The van der Waals surface area contributed by atoms with Crippen LogP contribution in [0.1, 0.15) is 73.3 Å². The van der Waals surface area contributed by atoms with Crippen LogP contribution in [0.15, 0.2) is 36.4 Å². The summed E-state index contributed by atoms with van der Waals surface area (Å²) in [6.45, 7) is 2.83. The molecular weight excluding hydrogens is 418 g/mol. The van der Waals surface area contributed by atoms with E-state index < -0.39 is 0 Å². The lowest BCUT2D eigenvalue weighted by atomic mass is 9.71. The van der Waals surface area contributed by atoms with Crippen LogP contribution in [0.4, 0.5) is 5.69 Å². The van der Waals surface area contributed by atoms with Crippen LogP contribution in [0.25, 0.3) is 0 Å². The van der Waals surface area contributed by atoms with Crippen molar-refractivity contribution in [3.8, 4) is 0 Å². The van der Waals surface area contributed by atoms with Gasteiger partial charge in [-0.2, -0.15) is 0 Å². The minimum Gasteiger partial charge on any atom is -0.381 e. The Balaban J connectivity index is 1.34. The van der Waals surface area contributed by atoms with E-state index in [0.717, 1.165) is 40.7 Å². The van der Waals surface area contributed by atoms with Crippen molar-refractivity contribution in [1.82, 2.24) is 0 Å². The molecule has 1 saturated carbocycles. The number of hydrogen-bond donors (Lipinski definition) is 1. The Morgan fingerprint density at radius 1 is 1.06 bits per heavy atom. The number of halogens is 1. The number of Topliss-reactive ketones (excluding diaryl/α,β-unsaturated/α-hetero) is 1. The summed E-state index contributed by atoms with van der Waals surface area (Å²) in [5.41, 5.74) is 5.58. The Kier molecular flexibility index (Phi) is 6.57. The number of hydrogen-bond acceptors (Lipinski definition) is 3. The zero-order valence-corrected chi connectivity index (χ0v) is 19.8. The molecule has 2 heterocycles. The summed E-state index contributed by atoms with van der Waals surface area (Å²) in [6.07, 6.45) is 10.2. The van der Waals surface area contributed by atoms with Gasteiger partial charge in [-0.1, -0.05) is 55.1 Å². The second-order valence-electron chi connectivity index (χ2n) is 10.0. The number of rotatable bonds is 5. The first-order valence-electron chi connectivity index (χ1n) is 12.4. The van der Waals surface area contributed by atoms with E-state index in [-0.39, 0.29) is 11.9 Å². The standard InChI is InChI=1S/C28H34ClNO2/c1-18-21(9-5-11-25(18)29)17-22(31)15-19-12-13-26-24(16-19)28-23(10-6-14-32-28)27(30-26)20-7-3-2-4-8-20/h5,9,11-13,16,20,23,27-28,30H,2-4,6-8,10,14-15,17H2,1H3/t23-,27-,28-/m0/s1. The van der Waals surface area contributed by atoms with Crippen LogP contribution in [0.2, 0.25) is 5.02 Å². The molecule has 0 aromatic heterocycles. The Morgan fingerprint density at radius 2 is 1.91 bits per heavy atom. The van der Waals surface area contributed by atoms with Gasteiger partial charge in [0.25, 0.3) is 0 Å². The fraction of sp³-hybridized carbons (Fsp3) is 0.536. The van der Waals surface area contributed by atoms with Crippen LogP contribution >= 0.6 is 11.6 Å². The third kappa shape index (κ3) is 4.47. The molecule has 2 aromatic rings. The molecule has 0 bridgehead atoms. The fourth-order valence-corrected chi connectivity index (χ4v) is 6.37. The van der Waals surface area contributed by atoms with Crippen molar-refractivity contribution >= 4 is 23.1 Å². The maximum atomic E-state index is 12.9. The van der Waals surface area contributed by atoms with Crippen LogP contribution in [0, 0.1) is 18.8 Å². The summed E-state index contributed by atoms with van der Waals surface area (Å²) in [5, 5.41) is 4.65. The van der Waals surface area contributed by atoms with Gasteiger partial charge in [-0.3, -0.25) is 4.79 Å². The highest BCUT2D eigenvalue weighted by Crippen LogP contribution is 2.47. The summed E-state index contributed by atoms with van der Waals surface area (Å²) in [6, 6.07) is 12.9. The Hall–Kier alpha value is -1.84. The van der Waals surface area contributed by atoms with E-state index in [4.69, 9.17) is 16.3 Å². The predicted octanol–water partition coefficient (Wildman–Crippen LogP) is 6.84. The van der Waals surface area contributed by atoms with Gasteiger partial charge >= 0.3 is 0 Å². The van der Waals surface area contributed by atoms with E-state index >= 15 is 0 Å². The van der Waals surface area contributed by atoms with E-state index in [9.17, 15) is 4.79 Å². The molecule has 0 radical (unpaired) electrons. The number of carbonyl (C=O) groups is 1. The zero-order chi connectivity index (χ0) is 22.1. The highest BCUT2D eigenvalue weighted by atomic mass is 35.5. The van der Waals surface area contributed by atoms with Gasteiger partial charge in [0.2, 0.25) is 0 Å². The number of ether oxygens (including phenoxy) is 1. The highest BCUT2D eigenvalue weighted by Gasteiger charge is 2.42. The quantitative estimate of drug-likeness (QED) is 0.540. The summed E-state index contributed by atoms with van der Waals surface area (Å²) >= 11 is 6.24. The second kappa shape index (κ2) is 9.57. The number of anilines is 1. The van der Waals surface area contributed by atoms with Crippen molar-refractivity contribution in [1.29, 1.82) is 0 Å². The average molecular weight is 452 g/mol. The molecule has 2 aromatic carbocycles. The van der Waals surface area contributed by atoms with Crippen LogP contribution in [0.5, 0.6) is 0 Å². The molecule has 3 aliphatic rings. The molecule has 0 spiro atoms. The molecule has 4 heteroatoms. The zero-order valence-electron chi connectivity index (χ0n) is 19.0. The molecule has 1 N–H and O–H groups in total. The van der Waals surface area contributed by atoms with Crippen molar-refractivity contribution in [3.63, 3.8) is 0 Å². The number of fused-ring (bicyclic) bond motifs is 3. The van der Waals surface area contributed by atoms with Crippen molar-refractivity contribution < 1.29 is 9.53 Å². The maximum Gasteiger partial charge on any atom is 0.141 e. The van der Waals surface area contributed by atoms with Gasteiger partial charge in [-0.25, -0.2) is 0 Å². The predicted molar refractivity (Wildman–Crippen MR) is 130 cm³/mol. The summed E-state index contributed by atoms with van der Waals surface area (Å²) in [4.78, 5) is 12.9. The average Bonchev–Trinajstić information content (AvgIpc) is 2.82. The van der Waals surface area contributed by atoms with E-state index in [1.54, 1.807) is 0 Å². The summed E-state index contributed by atoms with van der Waals surface area (Å²) in [7, 11) is 0. The maximum absolute atomic E-state index is 12.9. The van der Waals surface area contributed by atoms with Gasteiger partial charge < -0.3 is 10.1 Å². The number of carbonyl (C=O) groups excluding carboxylic acids is 1.